The van der Waals surface area contributed by atoms with E-state index in [1.54, 1.807) is 6.07 Å². The van der Waals surface area contributed by atoms with Crippen LogP contribution >= 0.6 is 0 Å². The number of rotatable bonds is 0. The van der Waals surface area contributed by atoms with Crippen LogP contribution in [-0.4, -0.2) is 0 Å². The number of nitriles is 1. The molecule has 15 heavy (non-hydrogen) atoms. The molecule has 0 amide bonds. The van der Waals surface area contributed by atoms with Crippen molar-refractivity contribution in [2.24, 2.45) is 5.41 Å². The lowest BCUT2D eigenvalue weighted by Gasteiger charge is -2.07. The van der Waals surface area contributed by atoms with Gasteiger partial charge >= 0.3 is 0 Å². The minimum absolute atomic E-state index is 0.0721. The molecule has 0 aliphatic rings. The first kappa shape index (κ1) is 11.1. The van der Waals surface area contributed by atoms with E-state index in [1.807, 2.05) is 32.9 Å². The van der Waals surface area contributed by atoms with Crippen molar-refractivity contribution in [2.75, 3.05) is 5.73 Å². The molecule has 2 heteroatoms. The van der Waals surface area contributed by atoms with E-state index in [4.69, 9.17) is 11.0 Å². The van der Waals surface area contributed by atoms with Gasteiger partial charge in [-0.2, -0.15) is 5.26 Å². The van der Waals surface area contributed by atoms with Gasteiger partial charge in [-0.15, -0.1) is 0 Å². The summed E-state index contributed by atoms with van der Waals surface area (Å²) in [5, 5.41) is 8.93. The SMILES string of the molecule is CC(C)(C)C#Cc1cccc(N)c1C#N. The highest BCUT2D eigenvalue weighted by atomic mass is 14.6. The fraction of sp³-hybridized carbons (Fsp3) is 0.308. The first-order valence-electron chi connectivity index (χ1n) is 4.76. The van der Waals surface area contributed by atoms with Crippen molar-refractivity contribution < 1.29 is 0 Å². The van der Waals surface area contributed by atoms with Crippen LogP contribution < -0.4 is 5.73 Å². The largest absolute Gasteiger partial charge is 0.398 e. The summed E-state index contributed by atoms with van der Waals surface area (Å²) >= 11 is 0. The van der Waals surface area contributed by atoms with Gasteiger partial charge in [0.1, 0.15) is 6.07 Å². The molecule has 0 aliphatic heterocycles. The number of hydrogen-bond donors (Lipinski definition) is 1. The molecule has 1 aromatic carbocycles. The quantitative estimate of drug-likeness (QED) is 0.514. The summed E-state index contributed by atoms with van der Waals surface area (Å²) in [5.74, 6) is 6.08. The molecule has 0 bridgehead atoms. The van der Waals surface area contributed by atoms with Crippen LogP contribution in [0.5, 0.6) is 0 Å². The summed E-state index contributed by atoms with van der Waals surface area (Å²) in [6.45, 7) is 6.08. The average molecular weight is 198 g/mol. The molecule has 0 radical (unpaired) electrons. The van der Waals surface area contributed by atoms with Gasteiger partial charge in [0.15, 0.2) is 0 Å². The molecule has 2 nitrogen and oxygen atoms in total. The molecule has 2 N–H and O–H groups in total. The fourth-order valence-electron chi connectivity index (χ4n) is 1.05. The maximum Gasteiger partial charge on any atom is 0.103 e. The van der Waals surface area contributed by atoms with Gasteiger partial charge in [0.2, 0.25) is 0 Å². The Kier molecular flexibility index (Phi) is 3.02. The lowest BCUT2D eigenvalue weighted by molar-refractivity contribution is 0.571. The summed E-state index contributed by atoms with van der Waals surface area (Å²) in [5.41, 5.74) is 7.26. The number of nitrogens with zero attached hydrogens (tertiary/aromatic N) is 1. The van der Waals surface area contributed by atoms with Crippen molar-refractivity contribution in [3.8, 4) is 17.9 Å². The van der Waals surface area contributed by atoms with Crippen LogP contribution in [0.15, 0.2) is 18.2 Å². The van der Waals surface area contributed by atoms with E-state index in [0.717, 1.165) is 0 Å². The molecule has 1 aromatic rings. The van der Waals surface area contributed by atoms with Crippen molar-refractivity contribution in [1.29, 1.82) is 5.26 Å². The Hall–Kier alpha value is -1.93. The van der Waals surface area contributed by atoms with Crippen molar-refractivity contribution in [3.05, 3.63) is 29.3 Å². The van der Waals surface area contributed by atoms with Crippen molar-refractivity contribution in [1.82, 2.24) is 0 Å². The predicted molar refractivity (Wildman–Crippen MR) is 61.9 cm³/mol. The first-order chi connectivity index (χ1) is 6.94. The maximum absolute atomic E-state index is 8.93. The zero-order valence-electron chi connectivity index (χ0n) is 9.26. The first-order valence-corrected chi connectivity index (χ1v) is 4.76. The summed E-state index contributed by atoms with van der Waals surface area (Å²) in [6, 6.07) is 7.40. The second-order valence-electron chi connectivity index (χ2n) is 4.38. The predicted octanol–water partition coefficient (Wildman–Crippen LogP) is 2.54. The van der Waals surface area contributed by atoms with E-state index in [-0.39, 0.29) is 5.41 Å². The number of nitrogen functional groups attached to an aromatic ring is 1. The van der Waals surface area contributed by atoms with Crippen LogP contribution in [0.2, 0.25) is 0 Å². The second-order valence-corrected chi connectivity index (χ2v) is 4.38. The highest BCUT2D eigenvalue weighted by Gasteiger charge is 2.06. The van der Waals surface area contributed by atoms with E-state index in [0.29, 0.717) is 16.8 Å². The summed E-state index contributed by atoms with van der Waals surface area (Å²) in [6.07, 6.45) is 0. The molecule has 0 fully saturated rings. The highest BCUT2D eigenvalue weighted by molar-refractivity contribution is 5.62. The molecule has 0 saturated carbocycles. The molecular formula is C13H14N2. The zero-order valence-corrected chi connectivity index (χ0v) is 9.26. The Morgan fingerprint density at radius 1 is 1.27 bits per heavy atom. The number of benzene rings is 1. The van der Waals surface area contributed by atoms with Crippen LogP contribution in [0.1, 0.15) is 31.9 Å². The Morgan fingerprint density at radius 2 is 1.93 bits per heavy atom. The monoisotopic (exact) mass is 198 g/mol. The third-order valence-corrected chi connectivity index (χ3v) is 1.78. The Morgan fingerprint density at radius 3 is 2.47 bits per heavy atom. The zero-order chi connectivity index (χ0) is 11.5. The normalized spacial score (nSPS) is 10.0. The van der Waals surface area contributed by atoms with Crippen molar-refractivity contribution in [3.63, 3.8) is 0 Å². The molecule has 76 valence electrons. The molecule has 0 spiro atoms. The van der Waals surface area contributed by atoms with Gasteiger partial charge in [-0.3, -0.25) is 0 Å². The molecule has 1 rings (SSSR count). The molecule has 0 unspecified atom stereocenters. The van der Waals surface area contributed by atoms with Crippen LogP contribution in [0.3, 0.4) is 0 Å². The van der Waals surface area contributed by atoms with Crippen molar-refractivity contribution in [2.45, 2.75) is 20.8 Å². The highest BCUT2D eigenvalue weighted by Crippen LogP contribution is 2.16. The van der Waals surface area contributed by atoms with Crippen LogP contribution in [0.25, 0.3) is 0 Å². The molecule has 0 saturated heterocycles. The summed E-state index contributed by atoms with van der Waals surface area (Å²) < 4.78 is 0. The smallest absolute Gasteiger partial charge is 0.103 e. The Balaban J connectivity index is 3.21. The second kappa shape index (κ2) is 4.07. The van der Waals surface area contributed by atoms with Gasteiger partial charge in [0, 0.05) is 11.0 Å². The lowest BCUT2D eigenvalue weighted by atomic mass is 9.96. The molecule has 0 aromatic heterocycles. The lowest BCUT2D eigenvalue weighted by Crippen LogP contribution is -2.00. The van der Waals surface area contributed by atoms with E-state index < -0.39 is 0 Å². The topological polar surface area (TPSA) is 49.8 Å². The Bertz CT molecular complexity index is 462. The van der Waals surface area contributed by atoms with E-state index >= 15 is 0 Å². The summed E-state index contributed by atoms with van der Waals surface area (Å²) in [7, 11) is 0. The van der Waals surface area contributed by atoms with Gasteiger partial charge in [-0.25, -0.2) is 0 Å². The van der Waals surface area contributed by atoms with Crippen LogP contribution in [0, 0.1) is 28.6 Å². The standard InChI is InChI=1S/C13H14N2/c1-13(2,3)8-7-10-5-4-6-12(15)11(10)9-14/h4-6H,15H2,1-3H3. The van der Waals surface area contributed by atoms with Gasteiger partial charge in [0.05, 0.1) is 11.3 Å². The fourth-order valence-corrected chi connectivity index (χ4v) is 1.05. The molecule has 0 atom stereocenters. The van der Waals surface area contributed by atoms with E-state index in [9.17, 15) is 0 Å². The molecule has 0 aliphatic carbocycles. The maximum atomic E-state index is 8.93. The molecular weight excluding hydrogens is 184 g/mol. The number of anilines is 1. The number of hydrogen-bond acceptors (Lipinski definition) is 2. The van der Waals surface area contributed by atoms with Gasteiger partial charge < -0.3 is 5.73 Å². The van der Waals surface area contributed by atoms with E-state index in [1.165, 1.54) is 0 Å². The Labute approximate surface area is 90.7 Å². The van der Waals surface area contributed by atoms with Crippen LogP contribution in [0.4, 0.5) is 5.69 Å². The van der Waals surface area contributed by atoms with Crippen molar-refractivity contribution >= 4 is 5.69 Å². The third kappa shape index (κ3) is 3.04. The van der Waals surface area contributed by atoms with Gasteiger partial charge in [-0.1, -0.05) is 17.9 Å². The minimum Gasteiger partial charge on any atom is -0.398 e. The number of nitrogens with two attached hydrogens (primary N) is 1. The van der Waals surface area contributed by atoms with E-state index in [2.05, 4.69) is 17.9 Å². The average Bonchev–Trinajstić information content (AvgIpc) is 2.13. The molecule has 0 heterocycles. The minimum atomic E-state index is -0.0721. The summed E-state index contributed by atoms with van der Waals surface area (Å²) in [4.78, 5) is 0. The van der Waals surface area contributed by atoms with Gasteiger partial charge in [-0.05, 0) is 32.9 Å². The third-order valence-electron chi connectivity index (χ3n) is 1.78. The van der Waals surface area contributed by atoms with Gasteiger partial charge in [0.25, 0.3) is 0 Å². The van der Waals surface area contributed by atoms with Crippen LogP contribution in [-0.2, 0) is 0 Å².